The van der Waals surface area contributed by atoms with E-state index in [0.717, 1.165) is 24.8 Å². The van der Waals surface area contributed by atoms with Crippen molar-refractivity contribution in [3.63, 3.8) is 0 Å². The van der Waals surface area contributed by atoms with Crippen molar-refractivity contribution in [1.29, 1.82) is 0 Å². The van der Waals surface area contributed by atoms with E-state index in [1.165, 1.54) is 0 Å². The van der Waals surface area contributed by atoms with Gasteiger partial charge in [-0.2, -0.15) is 0 Å². The number of nitrogens with zero attached hydrogens (tertiary/aromatic N) is 4. The summed E-state index contributed by atoms with van der Waals surface area (Å²) in [5, 5.41) is 17.5. The topological polar surface area (TPSA) is 104 Å². The van der Waals surface area contributed by atoms with E-state index in [1.807, 2.05) is 35.2 Å². The van der Waals surface area contributed by atoms with E-state index in [4.69, 9.17) is 5.11 Å². The second kappa shape index (κ2) is 7.96. The standard InChI is InChI=1S/C23H23N5O3/c29-13-10-15-8-11-27(12-9-15)23(31)17-6-7-18-19(14-17)28-20(16-4-2-1-3-5-16)25-26-21(28)22(30)24-18/h1-7,14-15,29H,8-13H2,(H,24,30). The van der Waals surface area contributed by atoms with E-state index in [9.17, 15) is 9.59 Å². The number of aliphatic hydroxyl groups is 1. The average molecular weight is 417 g/mol. The molecule has 3 heterocycles. The predicted molar refractivity (Wildman–Crippen MR) is 117 cm³/mol. The van der Waals surface area contributed by atoms with Gasteiger partial charge in [-0.1, -0.05) is 30.3 Å². The highest BCUT2D eigenvalue weighted by Gasteiger charge is 2.24. The van der Waals surface area contributed by atoms with Crippen LogP contribution in [0.2, 0.25) is 0 Å². The third-order valence-corrected chi connectivity index (χ3v) is 6.07. The van der Waals surface area contributed by atoms with Crippen molar-refractivity contribution in [3.05, 3.63) is 64.4 Å². The van der Waals surface area contributed by atoms with Gasteiger partial charge in [0.1, 0.15) is 0 Å². The Kier molecular flexibility index (Phi) is 4.99. The first-order valence-corrected chi connectivity index (χ1v) is 10.5. The zero-order valence-corrected chi connectivity index (χ0v) is 17.0. The predicted octanol–water partition coefficient (Wildman–Crippen LogP) is 2.47. The number of aliphatic hydroxyl groups excluding tert-OH is 1. The summed E-state index contributed by atoms with van der Waals surface area (Å²) < 4.78 is 1.72. The van der Waals surface area contributed by atoms with Crippen LogP contribution in [-0.4, -0.2) is 55.2 Å². The van der Waals surface area contributed by atoms with Crippen LogP contribution in [0.5, 0.6) is 0 Å². The van der Waals surface area contributed by atoms with E-state index in [-0.39, 0.29) is 23.7 Å². The molecule has 4 aromatic rings. The van der Waals surface area contributed by atoms with Crippen LogP contribution in [0.3, 0.4) is 0 Å². The lowest BCUT2D eigenvalue weighted by molar-refractivity contribution is 0.0678. The summed E-state index contributed by atoms with van der Waals surface area (Å²) in [6.45, 7) is 1.56. The smallest absolute Gasteiger partial charge is 0.294 e. The van der Waals surface area contributed by atoms with Crippen molar-refractivity contribution in [1.82, 2.24) is 24.5 Å². The maximum atomic E-state index is 13.2. The molecule has 1 aliphatic rings. The molecule has 31 heavy (non-hydrogen) atoms. The van der Waals surface area contributed by atoms with Crippen molar-refractivity contribution in [2.75, 3.05) is 19.7 Å². The summed E-state index contributed by atoms with van der Waals surface area (Å²) in [7, 11) is 0. The van der Waals surface area contributed by atoms with Gasteiger partial charge in [0.15, 0.2) is 5.82 Å². The zero-order chi connectivity index (χ0) is 21.4. The van der Waals surface area contributed by atoms with Crippen LogP contribution in [0.25, 0.3) is 28.1 Å². The van der Waals surface area contributed by atoms with Gasteiger partial charge in [0.2, 0.25) is 5.65 Å². The molecule has 0 atom stereocenters. The number of hydrogen-bond acceptors (Lipinski definition) is 5. The van der Waals surface area contributed by atoms with Gasteiger partial charge in [0.05, 0.1) is 11.0 Å². The maximum absolute atomic E-state index is 13.2. The van der Waals surface area contributed by atoms with E-state index >= 15 is 0 Å². The lowest BCUT2D eigenvalue weighted by Crippen LogP contribution is -2.38. The van der Waals surface area contributed by atoms with Gasteiger partial charge in [0, 0.05) is 30.8 Å². The molecule has 1 amide bonds. The van der Waals surface area contributed by atoms with Gasteiger partial charge in [0.25, 0.3) is 11.5 Å². The van der Waals surface area contributed by atoms with Gasteiger partial charge in [-0.15, -0.1) is 10.2 Å². The number of benzene rings is 2. The van der Waals surface area contributed by atoms with Crippen molar-refractivity contribution in [2.24, 2.45) is 5.92 Å². The number of carbonyl (C=O) groups is 1. The largest absolute Gasteiger partial charge is 0.396 e. The first-order valence-electron chi connectivity index (χ1n) is 10.5. The molecule has 0 aliphatic carbocycles. The van der Waals surface area contributed by atoms with Crippen molar-refractivity contribution < 1.29 is 9.90 Å². The van der Waals surface area contributed by atoms with E-state index in [0.29, 0.717) is 41.4 Å². The number of rotatable bonds is 4. The summed E-state index contributed by atoms with van der Waals surface area (Å²) in [6, 6.07) is 14.9. The molecule has 1 fully saturated rings. The number of aromatic amines is 1. The fourth-order valence-electron chi connectivity index (χ4n) is 4.36. The Morgan fingerprint density at radius 3 is 2.61 bits per heavy atom. The summed E-state index contributed by atoms with van der Waals surface area (Å²) in [4.78, 5) is 30.4. The van der Waals surface area contributed by atoms with E-state index < -0.39 is 0 Å². The fourth-order valence-corrected chi connectivity index (χ4v) is 4.36. The average Bonchev–Trinajstić information content (AvgIpc) is 3.26. The molecule has 2 aromatic carbocycles. The number of aromatic nitrogens is 4. The molecule has 8 heteroatoms. The Hall–Kier alpha value is -3.52. The fraction of sp³-hybridized carbons (Fsp3) is 0.304. The van der Waals surface area contributed by atoms with Gasteiger partial charge < -0.3 is 15.0 Å². The molecular formula is C23H23N5O3. The molecule has 0 spiro atoms. The molecule has 1 saturated heterocycles. The van der Waals surface area contributed by atoms with Gasteiger partial charge in [-0.05, 0) is 43.4 Å². The zero-order valence-electron chi connectivity index (χ0n) is 17.0. The molecule has 0 unspecified atom stereocenters. The molecule has 8 nitrogen and oxygen atoms in total. The summed E-state index contributed by atoms with van der Waals surface area (Å²) in [5.74, 6) is 1.000. The normalized spacial score (nSPS) is 15.1. The monoisotopic (exact) mass is 417 g/mol. The van der Waals surface area contributed by atoms with Gasteiger partial charge in [-0.25, -0.2) is 0 Å². The Balaban J connectivity index is 1.57. The summed E-state index contributed by atoms with van der Waals surface area (Å²) in [6.07, 6.45) is 2.60. The minimum absolute atomic E-state index is 0.0296. The number of amides is 1. The molecule has 2 N–H and O–H groups in total. The summed E-state index contributed by atoms with van der Waals surface area (Å²) in [5.41, 5.74) is 2.57. The molecule has 158 valence electrons. The Morgan fingerprint density at radius 1 is 1.10 bits per heavy atom. The van der Waals surface area contributed by atoms with Crippen LogP contribution in [0.1, 0.15) is 29.6 Å². The highest BCUT2D eigenvalue weighted by Crippen LogP contribution is 2.24. The first-order chi connectivity index (χ1) is 15.2. The Bertz CT molecular complexity index is 1300. The first kappa shape index (κ1) is 19.4. The minimum Gasteiger partial charge on any atom is -0.396 e. The third-order valence-electron chi connectivity index (χ3n) is 6.07. The van der Waals surface area contributed by atoms with Gasteiger partial charge in [-0.3, -0.25) is 14.0 Å². The number of carbonyl (C=O) groups excluding carboxylic acids is 1. The van der Waals surface area contributed by atoms with Crippen LogP contribution in [0.4, 0.5) is 0 Å². The Morgan fingerprint density at radius 2 is 1.87 bits per heavy atom. The van der Waals surface area contributed by atoms with Crippen LogP contribution >= 0.6 is 0 Å². The molecule has 1 aliphatic heterocycles. The highest BCUT2D eigenvalue weighted by atomic mass is 16.3. The number of piperidine rings is 1. The quantitative estimate of drug-likeness (QED) is 0.531. The second-order valence-corrected chi connectivity index (χ2v) is 7.98. The number of nitrogens with one attached hydrogen (secondary N) is 1. The van der Waals surface area contributed by atoms with Crippen LogP contribution in [0.15, 0.2) is 53.3 Å². The lowest BCUT2D eigenvalue weighted by Gasteiger charge is -2.31. The van der Waals surface area contributed by atoms with Crippen molar-refractivity contribution >= 4 is 22.6 Å². The molecule has 2 aromatic heterocycles. The van der Waals surface area contributed by atoms with Crippen molar-refractivity contribution in [2.45, 2.75) is 19.3 Å². The van der Waals surface area contributed by atoms with Crippen LogP contribution < -0.4 is 5.56 Å². The minimum atomic E-state index is -0.327. The highest BCUT2D eigenvalue weighted by molar-refractivity contribution is 5.98. The SMILES string of the molecule is O=C(c1ccc2[nH]c(=O)c3nnc(-c4ccccc4)n3c2c1)N1CCC(CCO)CC1. The second-order valence-electron chi connectivity index (χ2n) is 7.98. The maximum Gasteiger partial charge on any atom is 0.294 e. The molecule has 0 radical (unpaired) electrons. The molecular weight excluding hydrogens is 394 g/mol. The number of likely N-dealkylation sites (tertiary alicyclic amines) is 1. The van der Waals surface area contributed by atoms with Crippen molar-refractivity contribution in [3.8, 4) is 11.4 Å². The number of fused-ring (bicyclic) bond motifs is 3. The van der Waals surface area contributed by atoms with Crippen LogP contribution in [-0.2, 0) is 0 Å². The Labute approximate surface area is 178 Å². The third kappa shape index (κ3) is 3.48. The number of H-pyrrole nitrogens is 1. The molecule has 5 rings (SSSR count). The summed E-state index contributed by atoms with van der Waals surface area (Å²) >= 11 is 0. The van der Waals surface area contributed by atoms with E-state index in [1.54, 1.807) is 22.6 Å². The molecule has 0 bridgehead atoms. The lowest BCUT2D eigenvalue weighted by atomic mass is 9.93. The van der Waals surface area contributed by atoms with Crippen LogP contribution in [0, 0.1) is 5.92 Å². The van der Waals surface area contributed by atoms with Gasteiger partial charge >= 0.3 is 0 Å². The number of hydrogen-bond donors (Lipinski definition) is 2. The molecule has 0 saturated carbocycles. The van der Waals surface area contributed by atoms with E-state index in [2.05, 4.69) is 15.2 Å².